The highest BCUT2D eigenvalue weighted by atomic mass is 19.1. The number of nitrogens with zero attached hydrogens (tertiary/aromatic N) is 2. The van der Waals surface area contributed by atoms with E-state index in [1.54, 1.807) is 19.2 Å². The van der Waals surface area contributed by atoms with E-state index >= 15 is 0 Å². The van der Waals surface area contributed by atoms with Crippen LogP contribution >= 0.6 is 0 Å². The summed E-state index contributed by atoms with van der Waals surface area (Å²) in [5.74, 6) is -0.322. The molecule has 0 spiro atoms. The lowest BCUT2D eigenvalue weighted by Gasteiger charge is -2.31. The predicted molar refractivity (Wildman–Crippen MR) is 94.3 cm³/mol. The van der Waals surface area contributed by atoms with Crippen molar-refractivity contribution in [3.63, 3.8) is 0 Å². The molecule has 0 aromatic heterocycles. The minimum absolute atomic E-state index is 0.322. The van der Waals surface area contributed by atoms with Crippen molar-refractivity contribution in [2.75, 3.05) is 29.9 Å². The minimum Gasteiger partial charge on any atom is -0.428 e. The molecule has 0 bridgehead atoms. The van der Waals surface area contributed by atoms with Crippen LogP contribution in [0.25, 0.3) is 0 Å². The van der Waals surface area contributed by atoms with Gasteiger partial charge in [0.15, 0.2) is 6.23 Å². The van der Waals surface area contributed by atoms with Gasteiger partial charge in [-0.3, -0.25) is 10.2 Å². The Morgan fingerprint density at radius 2 is 2.00 bits per heavy atom. The molecule has 4 rings (SSSR count). The summed E-state index contributed by atoms with van der Waals surface area (Å²) in [7, 11) is 1.72. The van der Waals surface area contributed by atoms with E-state index in [2.05, 4.69) is 17.4 Å². The molecule has 5 nitrogen and oxygen atoms in total. The fraction of sp³-hybridized carbons (Fsp3) is 0.316. The number of likely N-dealkylation sites (N-methyl/N-ethyl adjacent to an activating group) is 1. The molecule has 25 heavy (non-hydrogen) atoms. The van der Waals surface area contributed by atoms with Gasteiger partial charge < -0.3 is 9.64 Å². The Morgan fingerprint density at radius 1 is 1.20 bits per heavy atom. The van der Waals surface area contributed by atoms with Crippen LogP contribution in [0.15, 0.2) is 42.5 Å². The van der Waals surface area contributed by atoms with E-state index < -0.39 is 6.09 Å². The van der Waals surface area contributed by atoms with Crippen molar-refractivity contribution in [3.8, 4) is 0 Å². The van der Waals surface area contributed by atoms with Gasteiger partial charge in [-0.1, -0.05) is 24.3 Å². The Bertz CT molecular complexity index is 811. The smallest absolute Gasteiger partial charge is 0.416 e. The second-order valence-corrected chi connectivity index (χ2v) is 6.35. The third kappa shape index (κ3) is 2.93. The third-order valence-corrected chi connectivity index (χ3v) is 4.85. The van der Waals surface area contributed by atoms with Crippen LogP contribution in [0, 0.1) is 5.82 Å². The third-order valence-electron chi connectivity index (χ3n) is 4.85. The first-order chi connectivity index (χ1) is 12.2. The number of anilines is 2. The van der Waals surface area contributed by atoms with E-state index in [0.717, 1.165) is 13.0 Å². The maximum atomic E-state index is 14.7. The van der Waals surface area contributed by atoms with Crippen LogP contribution in [0.2, 0.25) is 0 Å². The quantitative estimate of drug-likeness (QED) is 0.932. The summed E-state index contributed by atoms with van der Waals surface area (Å²) < 4.78 is 19.9. The summed E-state index contributed by atoms with van der Waals surface area (Å²) in [6.45, 7) is 1.84. The molecule has 2 heterocycles. The monoisotopic (exact) mass is 341 g/mol. The zero-order chi connectivity index (χ0) is 17.4. The van der Waals surface area contributed by atoms with Crippen LogP contribution in [-0.4, -0.2) is 32.5 Å². The molecule has 1 N–H and O–H groups in total. The maximum Gasteiger partial charge on any atom is 0.416 e. The molecule has 2 aliphatic rings. The van der Waals surface area contributed by atoms with Crippen molar-refractivity contribution >= 4 is 17.5 Å². The van der Waals surface area contributed by atoms with Crippen molar-refractivity contribution in [1.29, 1.82) is 0 Å². The second-order valence-electron chi connectivity index (χ2n) is 6.35. The van der Waals surface area contributed by atoms with Gasteiger partial charge in [-0.05, 0) is 42.8 Å². The van der Waals surface area contributed by atoms with Crippen molar-refractivity contribution in [2.24, 2.45) is 0 Å². The van der Waals surface area contributed by atoms with E-state index in [0.29, 0.717) is 24.5 Å². The Morgan fingerprint density at radius 3 is 2.72 bits per heavy atom. The number of carbonyl (C=O) groups is 1. The lowest BCUT2D eigenvalue weighted by atomic mass is 9.99. The number of amides is 1. The van der Waals surface area contributed by atoms with Crippen LogP contribution in [0.1, 0.15) is 11.1 Å². The van der Waals surface area contributed by atoms with Gasteiger partial charge in [-0.25, -0.2) is 9.18 Å². The first-order valence-corrected chi connectivity index (χ1v) is 8.42. The molecule has 0 radical (unpaired) electrons. The number of benzene rings is 2. The summed E-state index contributed by atoms with van der Waals surface area (Å²) >= 11 is 0. The fourth-order valence-electron chi connectivity index (χ4n) is 3.45. The summed E-state index contributed by atoms with van der Waals surface area (Å²) in [5, 5.41) is 2.89. The summed E-state index contributed by atoms with van der Waals surface area (Å²) in [5.41, 5.74) is 3.64. The van der Waals surface area contributed by atoms with Gasteiger partial charge in [-0.15, -0.1) is 0 Å². The molecule has 1 unspecified atom stereocenters. The van der Waals surface area contributed by atoms with Crippen LogP contribution in [0.5, 0.6) is 0 Å². The van der Waals surface area contributed by atoms with Gasteiger partial charge >= 0.3 is 6.09 Å². The first-order valence-electron chi connectivity index (χ1n) is 8.42. The van der Waals surface area contributed by atoms with E-state index in [9.17, 15) is 9.18 Å². The number of fused-ring (bicyclic) bond motifs is 1. The highest BCUT2D eigenvalue weighted by Gasteiger charge is 2.32. The second kappa shape index (κ2) is 6.37. The molecule has 130 valence electrons. The number of nitrogens with one attached hydrogen (secondary N) is 1. The molecule has 1 amide bonds. The van der Waals surface area contributed by atoms with Gasteiger partial charge in [0.1, 0.15) is 5.82 Å². The van der Waals surface area contributed by atoms with Gasteiger partial charge in [0.25, 0.3) is 0 Å². The largest absolute Gasteiger partial charge is 0.428 e. The average Bonchev–Trinajstić information content (AvgIpc) is 3.02. The van der Waals surface area contributed by atoms with Crippen LogP contribution < -0.4 is 15.1 Å². The SMILES string of the molecule is CNC1CN(c2ccc(N3CCc4ccccc4C3)c(F)c2)C(=O)O1. The zero-order valence-corrected chi connectivity index (χ0v) is 14.0. The van der Waals surface area contributed by atoms with Crippen molar-refractivity contribution < 1.29 is 13.9 Å². The predicted octanol–water partition coefficient (Wildman–Crippen LogP) is 2.89. The van der Waals surface area contributed by atoms with Gasteiger partial charge in [0.05, 0.1) is 17.9 Å². The van der Waals surface area contributed by atoms with Crippen LogP contribution in [-0.2, 0) is 17.7 Å². The number of cyclic esters (lactones) is 1. The van der Waals surface area contributed by atoms with Crippen LogP contribution in [0.4, 0.5) is 20.6 Å². The lowest BCUT2D eigenvalue weighted by Crippen LogP contribution is -2.32. The van der Waals surface area contributed by atoms with Crippen molar-refractivity contribution in [1.82, 2.24) is 5.32 Å². The topological polar surface area (TPSA) is 44.8 Å². The van der Waals surface area contributed by atoms with Gasteiger partial charge in [0, 0.05) is 13.1 Å². The standard InChI is InChI=1S/C19H20FN3O2/c1-21-18-12-23(19(24)25-18)15-6-7-17(16(20)10-15)22-9-8-13-4-2-3-5-14(13)11-22/h2-7,10,18,21H,8-9,11-12H2,1H3. The number of ether oxygens (including phenoxy) is 1. The lowest BCUT2D eigenvalue weighted by molar-refractivity contribution is 0.128. The van der Waals surface area contributed by atoms with Gasteiger partial charge in [0.2, 0.25) is 0 Å². The van der Waals surface area contributed by atoms with E-state index in [4.69, 9.17) is 4.74 Å². The molecule has 1 fully saturated rings. The highest BCUT2D eigenvalue weighted by molar-refractivity contribution is 5.90. The summed E-state index contributed by atoms with van der Waals surface area (Å²) in [6.07, 6.45) is 0.0758. The Kier molecular flexibility index (Phi) is 4.05. The molecule has 2 aromatic carbocycles. The minimum atomic E-state index is -0.460. The molecule has 6 heteroatoms. The van der Waals surface area contributed by atoms with E-state index in [-0.39, 0.29) is 12.0 Å². The molecule has 0 aliphatic carbocycles. The first kappa shape index (κ1) is 15.9. The highest BCUT2D eigenvalue weighted by Crippen LogP contribution is 2.30. The summed E-state index contributed by atoms with van der Waals surface area (Å²) in [4.78, 5) is 15.4. The number of hydrogen-bond acceptors (Lipinski definition) is 4. The maximum absolute atomic E-state index is 14.7. The van der Waals surface area contributed by atoms with Gasteiger partial charge in [-0.2, -0.15) is 0 Å². The molecule has 2 aromatic rings. The molecule has 1 atom stereocenters. The fourth-order valence-corrected chi connectivity index (χ4v) is 3.45. The van der Waals surface area contributed by atoms with E-state index in [1.165, 1.54) is 22.1 Å². The molecule has 2 aliphatic heterocycles. The Balaban J connectivity index is 1.56. The summed E-state index contributed by atoms with van der Waals surface area (Å²) in [6, 6.07) is 13.2. The van der Waals surface area contributed by atoms with Crippen LogP contribution in [0.3, 0.4) is 0 Å². The van der Waals surface area contributed by atoms with E-state index in [1.807, 2.05) is 17.0 Å². The Labute approximate surface area is 146 Å². The number of hydrogen-bond donors (Lipinski definition) is 1. The van der Waals surface area contributed by atoms with Crippen molar-refractivity contribution in [3.05, 3.63) is 59.4 Å². The molecular weight excluding hydrogens is 321 g/mol. The number of halogens is 1. The molecule has 0 saturated carbocycles. The number of carbonyl (C=O) groups excluding carboxylic acids is 1. The average molecular weight is 341 g/mol. The Hall–Kier alpha value is -2.60. The molecular formula is C19H20FN3O2. The molecule has 1 saturated heterocycles. The zero-order valence-electron chi connectivity index (χ0n) is 14.0. The van der Waals surface area contributed by atoms with Crippen molar-refractivity contribution in [2.45, 2.75) is 19.2 Å². The normalized spacial score (nSPS) is 19.8. The number of rotatable bonds is 3.